The number of carbonyl (C=O) groups excluding carboxylic acids is 2. The number of rotatable bonds is 10. The molecule has 1 aromatic carbocycles. The van der Waals surface area contributed by atoms with Crippen LogP contribution >= 0.6 is 0 Å². The highest BCUT2D eigenvalue weighted by Crippen LogP contribution is 2.30. The average Bonchev–Trinajstić information content (AvgIpc) is 3.22. The van der Waals surface area contributed by atoms with Crippen molar-refractivity contribution in [2.45, 2.75) is 90.1 Å². The highest BCUT2D eigenvalue weighted by Gasteiger charge is 2.23. The van der Waals surface area contributed by atoms with E-state index >= 15 is 0 Å². The second-order valence-corrected chi connectivity index (χ2v) is 9.69. The molecule has 0 spiro atoms. The van der Waals surface area contributed by atoms with E-state index in [4.69, 9.17) is 14.9 Å². The third-order valence-corrected chi connectivity index (χ3v) is 7.16. The quantitative estimate of drug-likeness (QED) is 0.262. The minimum Gasteiger partial charge on any atom is -0.490 e. The van der Waals surface area contributed by atoms with E-state index in [0.29, 0.717) is 24.3 Å². The van der Waals surface area contributed by atoms with E-state index in [1.807, 2.05) is 18.2 Å². The molecule has 3 rings (SSSR count). The first-order chi connectivity index (χ1) is 16.5. The van der Waals surface area contributed by atoms with Crippen LogP contribution in [0.2, 0.25) is 0 Å². The maximum atomic E-state index is 12.7. The average molecular weight is 469 g/mol. The molecule has 1 aromatic rings. The molecule has 0 aromatic heterocycles. The Morgan fingerprint density at radius 1 is 1.03 bits per heavy atom. The minimum absolute atomic E-state index is 0.0831. The number of hydrogen-bond acceptors (Lipinski definition) is 6. The number of Topliss-reactive ketones (excluding diaryl/α,β-unsaturated/α-hetero) is 1. The molecule has 0 amide bonds. The van der Waals surface area contributed by atoms with Crippen molar-refractivity contribution in [2.24, 2.45) is 5.92 Å². The highest BCUT2D eigenvalue weighted by atomic mass is 16.5. The molecule has 2 unspecified atom stereocenters. The Bertz CT molecular complexity index is 892. The molecule has 186 valence electrons. The molecule has 2 aliphatic carbocycles. The summed E-state index contributed by atoms with van der Waals surface area (Å²) in [6, 6.07) is 8.19. The second kappa shape index (κ2) is 13.3. The van der Waals surface area contributed by atoms with Crippen LogP contribution in [0.15, 0.2) is 35.5 Å². The van der Waals surface area contributed by atoms with Gasteiger partial charge in [0.2, 0.25) is 0 Å². The summed E-state index contributed by atoms with van der Waals surface area (Å²) in [4.78, 5) is 24.5. The molecular formula is C28H40N2O4. The lowest BCUT2D eigenvalue weighted by atomic mass is 9.94. The van der Waals surface area contributed by atoms with Gasteiger partial charge in [-0.15, -0.1) is 0 Å². The molecular weight excluding hydrogens is 428 g/mol. The number of allylic oxidation sites excluding steroid dienone is 1. The van der Waals surface area contributed by atoms with Crippen LogP contribution in [0.1, 0.15) is 82.6 Å². The lowest BCUT2D eigenvalue weighted by molar-refractivity contribution is -0.132. The van der Waals surface area contributed by atoms with Crippen molar-refractivity contribution in [3.8, 4) is 5.75 Å². The zero-order valence-corrected chi connectivity index (χ0v) is 20.8. The molecule has 0 bridgehead atoms. The summed E-state index contributed by atoms with van der Waals surface area (Å²) >= 11 is 0. The molecule has 1 fully saturated rings. The summed E-state index contributed by atoms with van der Waals surface area (Å²) in [5.41, 5.74) is 2.67. The molecule has 2 N–H and O–H groups in total. The van der Waals surface area contributed by atoms with Crippen LogP contribution in [0.4, 0.5) is 0 Å². The smallest absolute Gasteiger partial charge is 0.356 e. The van der Waals surface area contributed by atoms with Crippen molar-refractivity contribution >= 4 is 17.5 Å². The van der Waals surface area contributed by atoms with Gasteiger partial charge in [0, 0.05) is 17.7 Å². The number of ether oxygens (including phenoxy) is 2. The molecule has 0 radical (unpaired) electrons. The van der Waals surface area contributed by atoms with Crippen molar-refractivity contribution in [1.82, 2.24) is 5.32 Å². The molecule has 2 aliphatic rings. The van der Waals surface area contributed by atoms with Crippen LogP contribution in [0.25, 0.3) is 0 Å². The fraction of sp³-hybridized carbons (Fsp3) is 0.607. The molecule has 6 heteroatoms. The van der Waals surface area contributed by atoms with Gasteiger partial charge in [0.1, 0.15) is 11.5 Å². The third-order valence-electron chi connectivity index (χ3n) is 7.16. The van der Waals surface area contributed by atoms with Crippen molar-refractivity contribution in [3.63, 3.8) is 0 Å². The Hall–Kier alpha value is -2.63. The number of methoxy groups -OCH3 is 1. The maximum absolute atomic E-state index is 12.7. The zero-order valence-electron chi connectivity index (χ0n) is 20.8. The van der Waals surface area contributed by atoms with E-state index in [9.17, 15) is 9.59 Å². The summed E-state index contributed by atoms with van der Waals surface area (Å²) in [7, 11) is 1.30. The van der Waals surface area contributed by atoms with Gasteiger partial charge in [-0.3, -0.25) is 10.2 Å². The predicted molar refractivity (Wildman–Crippen MR) is 134 cm³/mol. The van der Waals surface area contributed by atoms with Gasteiger partial charge in [-0.1, -0.05) is 31.0 Å². The topological polar surface area (TPSA) is 88.5 Å². The number of esters is 1. The van der Waals surface area contributed by atoms with Crippen molar-refractivity contribution in [2.75, 3.05) is 13.7 Å². The summed E-state index contributed by atoms with van der Waals surface area (Å²) < 4.78 is 11.0. The Labute approximate surface area is 204 Å². The largest absolute Gasteiger partial charge is 0.490 e. The van der Waals surface area contributed by atoms with E-state index in [1.165, 1.54) is 12.7 Å². The molecule has 1 saturated carbocycles. The van der Waals surface area contributed by atoms with Gasteiger partial charge in [-0.2, -0.15) is 0 Å². The van der Waals surface area contributed by atoms with Crippen molar-refractivity contribution < 1.29 is 19.1 Å². The molecule has 0 heterocycles. The monoisotopic (exact) mass is 468 g/mol. The van der Waals surface area contributed by atoms with E-state index in [-0.39, 0.29) is 24.1 Å². The molecule has 0 saturated heterocycles. The number of nitrogens with one attached hydrogen (secondary N) is 2. The lowest BCUT2D eigenvalue weighted by Crippen LogP contribution is -2.27. The summed E-state index contributed by atoms with van der Waals surface area (Å²) in [5.74, 6) is 1.13. The van der Waals surface area contributed by atoms with E-state index in [1.54, 1.807) is 0 Å². The molecule has 6 nitrogen and oxygen atoms in total. The van der Waals surface area contributed by atoms with Crippen LogP contribution in [-0.2, 0) is 14.3 Å². The van der Waals surface area contributed by atoms with Gasteiger partial charge in [0.05, 0.1) is 19.8 Å². The maximum Gasteiger partial charge on any atom is 0.356 e. The SMILES string of the molecule is COC(=O)C(=N)C1=C(NCC(=O)CCC2CCCC(Oc3ccccc3C)CC2)CCCCC1. The number of benzene rings is 1. The molecule has 2 atom stereocenters. The number of para-hydroxylation sites is 1. The van der Waals surface area contributed by atoms with Crippen LogP contribution in [0, 0.1) is 18.3 Å². The first-order valence-electron chi connectivity index (χ1n) is 12.8. The normalized spacial score (nSPS) is 21.2. The third kappa shape index (κ3) is 7.71. The number of aryl methyl sites for hydroxylation is 1. The molecule has 34 heavy (non-hydrogen) atoms. The Morgan fingerprint density at radius 2 is 1.82 bits per heavy atom. The van der Waals surface area contributed by atoms with E-state index < -0.39 is 5.97 Å². The number of carbonyl (C=O) groups is 2. The highest BCUT2D eigenvalue weighted by molar-refractivity contribution is 6.42. The summed E-state index contributed by atoms with van der Waals surface area (Å²) in [6.45, 7) is 2.35. The van der Waals surface area contributed by atoms with Crippen LogP contribution in [-0.4, -0.2) is 37.2 Å². The van der Waals surface area contributed by atoms with E-state index in [0.717, 1.165) is 75.7 Å². The van der Waals surface area contributed by atoms with E-state index in [2.05, 4.69) is 18.3 Å². The summed E-state index contributed by atoms with van der Waals surface area (Å²) in [5, 5.41) is 11.4. The van der Waals surface area contributed by atoms with Gasteiger partial charge in [-0.05, 0) is 82.3 Å². The second-order valence-electron chi connectivity index (χ2n) is 9.69. The first kappa shape index (κ1) is 26.0. The standard InChI is InChI=1S/C28H40N2O4/c1-20-9-6-7-14-26(20)34-23-11-8-10-21(16-18-23)15-17-22(31)19-30-25-13-5-3-4-12-24(25)27(29)28(32)33-2/h6-7,9,14,21,23,29-30H,3-5,8,10-13,15-19H2,1-2H3. The van der Waals surface area contributed by atoms with Crippen LogP contribution < -0.4 is 10.1 Å². The van der Waals surface area contributed by atoms with Crippen LogP contribution in [0.3, 0.4) is 0 Å². The zero-order chi connectivity index (χ0) is 24.3. The first-order valence-corrected chi connectivity index (χ1v) is 12.8. The molecule has 0 aliphatic heterocycles. The Morgan fingerprint density at radius 3 is 2.62 bits per heavy atom. The van der Waals surface area contributed by atoms with Gasteiger partial charge in [0.25, 0.3) is 0 Å². The van der Waals surface area contributed by atoms with Crippen molar-refractivity contribution in [1.29, 1.82) is 5.41 Å². The predicted octanol–water partition coefficient (Wildman–Crippen LogP) is 5.67. The lowest BCUT2D eigenvalue weighted by Gasteiger charge is -2.19. The number of hydrogen-bond donors (Lipinski definition) is 2. The van der Waals surface area contributed by atoms with Gasteiger partial charge >= 0.3 is 5.97 Å². The fourth-order valence-electron chi connectivity index (χ4n) is 5.06. The van der Waals surface area contributed by atoms with Gasteiger partial charge in [0.15, 0.2) is 5.78 Å². The summed E-state index contributed by atoms with van der Waals surface area (Å²) in [6.07, 6.45) is 11.7. The fourth-order valence-corrected chi connectivity index (χ4v) is 5.06. The Kier molecular flexibility index (Phi) is 10.2. The van der Waals surface area contributed by atoms with Gasteiger partial charge < -0.3 is 14.8 Å². The van der Waals surface area contributed by atoms with Crippen LogP contribution in [0.5, 0.6) is 5.75 Å². The minimum atomic E-state index is -0.611. The van der Waals surface area contributed by atoms with Crippen molar-refractivity contribution in [3.05, 3.63) is 41.1 Å². The number of ketones is 1. The van der Waals surface area contributed by atoms with Gasteiger partial charge in [-0.25, -0.2) is 4.79 Å². The Balaban J connectivity index is 1.45.